The molecule has 1 N–H and O–H groups in total. The minimum Gasteiger partial charge on any atom is -0.379 e. The molecular formula is C14H15F3N2O2. The minimum atomic E-state index is -4.35. The van der Waals surface area contributed by atoms with Crippen LogP contribution >= 0.6 is 0 Å². The third-order valence-electron chi connectivity index (χ3n) is 3.87. The van der Waals surface area contributed by atoms with Crippen molar-refractivity contribution >= 4 is 5.91 Å². The second kappa shape index (κ2) is 5.31. The van der Waals surface area contributed by atoms with Gasteiger partial charge in [0.25, 0.3) is 0 Å². The molecule has 21 heavy (non-hydrogen) atoms. The first kappa shape index (κ1) is 14.3. The van der Waals surface area contributed by atoms with E-state index in [0.29, 0.717) is 18.8 Å². The first-order valence-corrected chi connectivity index (χ1v) is 6.76. The van der Waals surface area contributed by atoms with Crippen molar-refractivity contribution in [2.75, 3.05) is 19.8 Å². The first-order chi connectivity index (χ1) is 9.97. The van der Waals surface area contributed by atoms with Gasteiger partial charge in [-0.25, -0.2) is 0 Å². The molecular weight excluding hydrogens is 285 g/mol. The van der Waals surface area contributed by atoms with Gasteiger partial charge in [0.05, 0.1) is 24.8 Å². The van der Waals surface area contributed by atoms with Gasteiger partial charge in [0.1, 0.15) is 6.17 Å². The fourth-order valence-corrected chi connectivity index (χ4v) is 2.81. The van der Waals surface area contributed by atoms with Crippen molar-refractivity contribution in [3.8, 4) is 0 Å². The predicted octanol–water partition coefficient (Wildman–Crippen LogP) is 1.92. The van der Waals surface area contributed by atoms with Gasteiger partial charge in [0, 0.05) is 6.61 Å². The number of benzene rings is 1. The Hall–Kier alpha value is -1.60. The Balaban J connectivity index is 1.83. The zero-order valence-electron chi connectivity index (χ0n) is 11.2. The van der Waals surface area contributed by atoms with Crippen LogP contribution in [0.5, 0.6) is 0 Å². The zero-order chi connectivity index (χ0) is 15.0. The van der Waals surface area contributed by atoms with Crippen molar-refractivity contribution < 1.29 is 22.7 Å². The van der Waals surface area contributed by atoms with Crippen molar-refractivity contribution in [1.29, 1.82) is 0 Å². The quantitative estimate of drug-likeness (QED) is 0.907. The molecule has 0 bridgehead atoms. The summed E-state index contributed by atoms with van der Waals surface area (Å²) >= 11 is 0. The monoisotopic (exact) mass is 300 g/mol. The fraction of sp³-hybridized carbons (Fsp3) is 0.500. The van der Waals surface area contributed by atoms with Crippen molar-refractivity contribution in [2.45, 2.75) is 24.8 Å². The molecule has 2 atom stereocenters. The third kappa shape index (κ3) is 2.75. The Morgan fingerprint density at radius 3 is 2.52 bits per heavy atom. The summed E-state index contributed by atoms with van der Waals surface area (Å²) in [4.78, 5) is 13.7. The molecule has 7 heteroatoms. The van der Waals surface area contributed by atoms with Gasteiger partial charge in [-0.3, -0.25) is 10.1 Å². The summed E-state index contributed by atoms with van der Waals surface area (Å²) in [7, 11) is 0. The second-order valence-electron chi connectivity index (χ2n) is 5.22. The molecule has 0 spiro atoms. The summed E-state index contributed by atoms with van der Waals surface area (Å²) in [5.74, 6) is -0.0459. The van der Waals surface area contributed by atoms with Gasteiger partial charge in [-0.2, -0.15) is 13.2 Å². The molecule has 2 heterocycles. The van der Waals surface area contributed by atoms with E-state index in [0.717, 1.165) is 18.6 Å². The molecule has 2 aliphatic heterocycles. The number of ether oxygens (including phenoxy) is 1. The highest BCUT2D eigenvalue weighted by molar-refractivity contribution is 5.81. The van der Waals surface area contributed by atoms with Crippen molar-refractivity contribution in [3.63, 3.8) is 0 Å². The highest BCUT2D eigenvalue weighted by Gasteiger charge is 2.38. The van der Waals surface area contributed by atoms with E-state index in [9.17, 15) is 18.0 Å². The molecule has 0 radical (unpaired) electrons. The highest BCUT2D eigenvalue weighted by Crippen LogP contribution is 2.32. The van der Waals surface area contributed by atoms with Gasteiger partial charge >= 0.3 is 6.18 Å². The van der Waals surface area contributed by atoms with Crippen LogP contribution in [0.25, 0.3) is 0 Å². The number of nitrogens with zero attached hydrogens (tertiary/aromatic N) is 1. The smallest absolute Gasteiger partial charge is 0.379 e. The molecule has 1 aromatic rings. The molecule has 2 fully saturated rings. The minimum absolute atomic E-state index is 0.0141. The lowest BCUT2D eigenvalue weighted by Crippen LogP contribution is -2.40. The number of carbonyl (C=O) groups is 1. The number of hydrogen-bond acceptors (Lipinski definition) is 3. The molecule has 4 nitrogen and oxygen atoms in total. The third-order valence-corrected chi connectivity index (χ3v) is 3.87. The maximum Gasteiger partial charge on any atom is 0.416 e. The van der Waals surface area contributed by atoms with Crippen LogP contribution in [0.15, 0.2) is 24.3 Å². The molecule has 114 valence electrons. The number of nitrogens with one attached hydrogen (secondary N) is 1. The van der Waals surface area contributed by atoms with Crippen LogP contribution in [0.3, 0.4) is 0 Å². The van der Waals surface area contributed by atoms with E-state index in [-0.39, 0.29) is 24.7 Å². The molecule has 2 aliphatic rings. The van der Waals surface area contributed by atoms with Gasteiger partial charge in [-0.05, 0) is 24.1 Å². The van der Waals surface area contributed by atoms with Crippen LogP contribution in [-0.4, -0.2) is 36.6 Å². The molecule has 0 aromatic heterocycles. The van der Waals surface area contributed by atoms with E-state index in [1.54, 1.807) is 4.90 Å². The number of carbonyl (C=O) groups excluding carboxylic acids is 1. The van der Waals surface area contributed by atoms with Crippen LogP contribution in [-0.2, 0) is 15.7 Å². The lowest BCUT2D eigenvalue weighted by atomic mass is 10.1. The van der Waals surface area contributed by atoms with Crippen molar-refractivity contribution in [3.05, 3.63) is 35.4 Å². The summed E-state index contributed by atoms with van der Waals surface area (Å²) in [5.41, 5.74) is -0.0351. The number of rotatable bonds is 2. The largest absolute Gasteiger partial charge is 0.416 e. The number of amides is 1. The lowest BCUT2D eigenvalue weighted by molar-refractivity contribution is -0.137. The van der Waals surface area contributed by atoms with E-state index in [1.807, 2.05) is 0 Å². The standard InChI is InChI=1S/C14H15F3N2O2/c15-14(16,17)10-3-1-9(2-4-10)13-18-7-12(20)19(13)11-5-6-21-8-11/h1-4,11,13,18H,5-8H2. The van der Waals surface area contributed by atoms with E-state index in [2.05, 4.69) is 5.32 Å². The Morgan fingerprint density at radius 2 is 1.95 bits per heavy atom. The van der Waals surface area contributed by atoms with Gasteiger partial charge in [-0.1, -0.05) is 12.1 Å². The summed E-state index contributed by atoms with van der Waals surface area (Å²) < 4.78 is 43.0. The number of hydrogen-bond donors (Lipinski definition) is 1. The summed E-state index contributed by atoms with van der Waals surface area (Å²) in [6.07, 6.45) is -3.98. The Morgan fingerprint density at radius 1 is 1.24 bits per heavy atom. The average molecular weight is 300 g/mol. The van der Waals surface area contributed by atoms with E-state index in [4.69, 9.17) is 4.74 Å². The fourth-order valence-electron chi connectivity index (χ4n) is 2.81. The average Bonchev–Trinajstić information content (AvgIpc) is 3.06. The Labute approximate surface area is 119 Å². The SMILES string of the molecule is O=C1CNC(c2ccc(C(F)(F)F)cc2)N1C1CCOC1. The number of halogens is 3. The Kier molecular flexibility index (Phi) is 3.62. The maximum absolute atomic E-state index is 12.6. The van der Waals surface area contributed by atoms with Crippen LogP contribution in [0.1, 0.15) is 23.7 Å². The van der Waals surface area contributed by atoms with Gasteiger partial charge in [0.15, 0.2) is 0 Å². The molecule has 1 amide bonds. The number of alkyl halides is 3. The van der Waals surface area contributed by atoms with Crippen molar-refractivity contribution in [1.82, 2.24) is 10.2 Å². The summed E-state index contributed by atoms with van der Waals surface area (Å²) in [6.45, 7) is 1.28. The van der Waals surface area contributed by atoms with Crippen LogP contribution in [0.4, 0.5) is 13.2 Å². The molecule has 1 aromatic carbocycles. The van der Waals surface area contributed by atoms with Gasteiger partial charge in [0.2, 0.25) is 5.91 Å². The zero-order valence-corrected chi connectivity index (χ0v) is 11.2. The predicted molar refractivity (Wildman–Crippen MR) is 68.3 cm³/mol. The topological polar surface area (TPSA) is 41.6 Å². The molecule has 3 rings (SSSR count). The molecule has 0 aliphatic carbocycles. The highest BCUT2D eigenvalue weighted by atomic mass is 19.4. The first-order valence-electron chi connectivity index (χ1n) is 6.76. The van der Waals surface area contributed by atoms with Crippen LogP contribution < -0.4 is 5.32 Å². The second-order valence-corrected chi connectivity index (χ2v) is 5.22. The molecule has 2 saturated heterocycles. The van der Waals surface area contributed by atoms with Crippen LogP contribution in [0, 0.1) is 0 Å². The van der Waals surface area contributed by atoms with Gasteiger partial charge < -0.3 is 9.64 Å². The van der Waals surface area contributed by atoms with E-state index < -0.39 is 11.7 Å². The Bertz CT molecular complexity index is 524. The van der Waals surface area contributed by atoms with Gasteiger partial charge in [-0.15, -0.1) is 0 Å². The lowest BCUT2D eigenvalue weighted by Gasteiger charge is -2.29. The van der Waals surface area contributed by atoms with E-state index >= 15 is 0 Å². The van der Waals surface area contributed by atoms with E-state index in [1.165, 1.54) is 12.1 Å². The molecule has 2 unspecified atom stereocenters. The summed E-state index contributed by atoms with van der Waals surface area (Å²) in [5, 5.41) is 3.05. The molecule has 0 saturated carbocycles. The maximum atomic E-state index is 12.6. The van der Waals surface area contributed by atoms with Crippen molar-refractivity contribution in [2.24, 2.45) is 0 Å². The van der Waals surface area contributed by atoms with Crippen LogP contribution in [0.2, 0.25) is 0 Å². The summed E-state index contributed by atoms with van der Waals surface area (Å²) in [6, 6.07) is 4.91. The normalized spacial score (nSPS) is 26.6.